The van der Waals surface area contributed by atoms with Gasteiger partial charge in [0.05, 0.1) is 16.6 Å². The van der Waals surface area contributed by atoms with Crippen molar-refractivity contribution in [3.05, 3.63) is 69.9 Å². The number of H-pyrrole nitrogens is 1. The molecule has 0 aliphatic carbocycles. The van der Waals surface area contributed by atoms with E-state index in [9.17, 15) is 9.59 Å². The molecule has 0 bridgehead atoms. The molecule has 0 amide bonds. The first-order chi connectivity index (χ1) is 10.1. The minimum Gasteiger partial charge on any atom is -0.478 e. The van der Waals surface area contributed by atoms with Crippen molar-refractivity contribution in [2.45, 2.75) is 6.42 Å². The number of nitrogens with one attached hydrogen (secondary N) is 1. The maximum Gasteiger partial charge on any atom is 0.335 e. The van der Waals surface area contributed by atoms with E-state index in [1.165, 1.54) is 18.3 Å². The summed E-state index contributed by atoms with van der Waals surface area (Å²) in [7, 11) is 0. The van der Waals surface area contributed by atoms with Crippen molar-refractivity contribution in [2.24, 2.45) is 0 Å². The van der Waals surface area contributed by atoms with Gasteiger partial charge in [0.2, 0.25) is 0 Å². The Morgan fingerprint density at radius 2 is 1.95 bits per heavy atom. The summed E-state index contributed by atoms with van der Waals surface area (Å²) < 4.78 is 0. The third-order valence-corrected chi connectivity index (χ3v) is 3.19. The fourth-order valence-electron chi connectivity index (χ4n) is 2.19. The summed E-state index contributed by atoms with van der Waals surface area (Å²) in [6, 6.07) is 10.1. The highest BCUT2D eigenvalue weighted by Crippen LogP contribution is 2.15. The summed E-state index contributed by atoms with van der Waals surface area (Å²) in [5.41, 5.74) is 1.16. The van der Waals surface area contributed by atoms with Crippen molar-refractivity contribution in [2.75, 3.05) is 0 Å². The van der Waals surface area contributed by atoms with Crippen molar-refractivity contribution in [1.82, 2.24) is 15.2 Å². The van der Waals surface area contributed by atoms with Crippen LogP contribution in [0, 0.1) is 0 Å². The first-order valence-corrected chi connectivity index (χ1v) is 6.29. The van der Waals surface area contributed by atoms with E-state index in [1.807, 2.05) is 12.1 Å². The predicted molar refractivity (Wildman–Crippen MR) is 76.4 cm³/mol. The van der Waals surface area contributed by atoms with E-state index >= 15 is 0 Å². The van der Waals surface area contributed by atoms with Gasteiger partial charge in [-0.3, -0.25) is 9.78 Å². The Hall–Kier alpha value is -3.02. The molecule has 6 heteroatoms. The molecule has 3 rings (SSSR count). The molecule has 0 radical (unpaired) electrons. The Morgan fingerprint density at radius 3 is 2.71 bits per heavy atom. The SMILES string of the molecule is O=C(O)c1ccnc(Cc2n[nH]c(=O)c3ccccc23)c1. The molecular weight excluding hydrogens is 270 g/mol. The van der Waals surface area contributed by atoms with Gasteiger partial charge in [-0.25, -0.2) is 9.89 Å². The molecule has 0 aliphatic rings. The molecule has 0 saturated heterocycles. The molecule has 0 atom stereocenters. The fraction of sp³-hybridized carbons (Fsp3) is 0.0667. The number of aromatic nitrogens is 3. The van der Waals surface area contributed by atoms with E-state index in [0.29, 0.717) is 23.2 Å². The third-order valence-electron chi connectivity index (χ3n) is 3.19. The van der Waals surface area contributed by atoms with Crippen molar-refractivity contribution in [3.63, 3.8) is 0 Å². The van der Waals surface area contributed by atoms with E-state index in [0.717, 1.165) is 5.39 Å². The molecule has 104 valence electrons. The van der Waals surface area contributed by atoms with Crippen molar-refractivity contribution < 1.29 is 9.90 Å². The van der Waals surface area contributed by atoms with Crippen molar-refractivity contribution >= 4 is 16.7 Å². The van der Waals surface area contributed by atoms with Gasteiger partial charge in [0.25, 0.3) is 5.56 Å². The predicted octanol–water partition coefficient (Wildman–Crippen LogP) is 1.61. The number of nitrogens with zero attached hydrogens (tertiary/aromatic N) is 2. The number of carboxylic acid groups (broad SMARTS) is 1. The van der Waals surface area contributed by atoms with E-state index in [1.54, 1.807) is 12.1 Å². The second-order valence-electron chi connectivity index (χ2n) is 4.56. The Bertz CT molecular complexity index is 886. The normalized spacial score (nSPS) is 10.7. The molecule has 6 nitrogen and oxygen atoms in total. The zero-order chi connectivity index (χ0) is 14.8. The van der Waals surface area contributed by atoms with Gasteiger partial charge < -0.3 is 5.11 Å². The van der Waals surface area contributed by atoms with Crippen LogP contribution in [-0.4, -0.2) is 26.3 Å². The topological polar surface area (TPSA) is 95.9 Å². The molecule has 2 aromatic heterocycles. The van der Waals surface area contributed by atoms with Crippen LogP contribution >= 0.6 is 0 Å². The van der Waals surface area contributed by atoms with Crippen molar-refractivity contribution in [3.8, 4) is 0 Å². The number of fused-ring (bicyclic) bond motifs is 1. The lowest BCUT2D eigenvalue weighted by molar-refractivity contribution is 0.0696. The number of rotatable bonds is 3. The molecule has 0 fully saturated rings. The summed E-state index contributed by atoms with van der Waals surface area (Å²) >= 11 is 0. The summed E-state index contributed by atoms with van der Waals surface area (Å²) in [5.74, 6) is -1.00. The van der Waals surface area contributed by atoms with Crippen LogP contribution in [0.25, 0.3) is 10.8 Å². The lowest BCUT2D eigenvalue weighted by Gasteiger charge is -2.05. The Kier molecular flexibility index (Phi) is 3.19. The van der Waals surface area contributed by atoms with Crippen LogP contribution in [0.5, 0.6) is 0 Å². The van der Waals surface area contributed by atoms with Gasteiger partial charge in [0.15, 0.2) is 0 Å². The average molecular weight is 281 g/mol. The average Bonchev–Trinajstić information content (AvgIpc) is 2.51. The van der Waals surface area contributed by atoms with E-state index in [4.69, 9.17) is 5.11 Å². The lowest BCUT2D eigenvalue weighted by Crippen LogP contribution is -2.11. The monoisotopic (exact) mass is 281 g/mol. The van der Waals surface area contributed by atoms with Crippen molar-refractivity contribution in [1.29, 1.82) is 0 Å². The summed E-state index contributed by atoms with van der Waals surface area (Å²) in [4.78, 5) is 26.8. The second kappa shape index (κ2) is 5.16. The van der Waals surface area contributed by atoms with Gasteiger partial charge in [0, 0.05) is 23.7 Å². The molecule has 0 saturated carbocycles. The van der Waals surface area contributed by atoms with Crippen LogP contribution in [0.15, 0.2) is 47.4 Å². The van der Waals surface area contributed by atoms with Gasteiger partial charge in [-0.15, -0.1) is 0 Å². The molecule has 0 unspecified atom stereocenters. The first kappa shape index (κ1) is 13.0. The van der Waals surface area contributed by atoms with E-state index in [-0.39, 0.29) is 11.1 Å². The van der Waals surface area contributed by atoms with Crippen LogP contribution in [0.4, 0.5) is 0 Å². The number of hydrogen-bond donors (Lipinski definition) is 2. The van der Waals surface area contributed by atoms with Gasteiger partial charge in [-0.2, -0.15) is 5.10 Å². The van der Waals surface area contributed by atoms with Crippen LogP contribution in [0.3, 0.4) is 0 Å². The van der Waals surface area contributed by atoms with Gasteiger partial charge in [-0.05, 0) is 18.2 Å². The zero-order valence-electron chi connectivity index (χ0n) is 10.9. The lowest BCUT2D eigenvalue weighted by atomic mass is 10.1. The maximum atomic E-state index is 11.7. The number of carboxylic acids is 1. The molecule has 0 spiro atoms. The van der Waals surface area contributed by atoms with Crippen LogP contribution in [-0.2, 0) is 6.42 Å². The van der Waals surface area contributed by atoms with Crippen LogP contribution < -0.4 is 5.56 Å². The van der Waals surface area contributed by atoms with Gasteiger partial charge in [-0.1, -0.05) is 18.2 Å². The highest BCUT2D eigenvalue weighted by molar-refractivity contribution is 5.87. The number of aromatic amines is 1. The van der Waals surface area contributed by atoms with Crippen LogP contribution in [0.2, 0.25) is 0 Å². The minimum absolute atomic E-state index is 0.175. The smallest absolute Gasteiger partial charge is 0.335 e. The molecule has 1 aromatic carbocycles. The number of aromatic carboxylic acids is 1. The molecular formula is C15H11N3O3. The first-order valence-electron chi connectivity index (χ1n) is 6.29. The summed E-state index contributed by atoms with van der Waals surface area (Å²) in [5, 5.41) is 16.8. The Morgan fingerprint density at radius 1 is 1.19 bits per heavy atom. The quantitative estimate of drug-likeness (QED) is 0.760. The van der Waals surface area contributed by atoms with Crippen LogP contribution in [0.1, 0.15) is 21.7 Å². The highest BCUT2D eigenvalue weighted by Gasteiger charge is 2.09. The largest absolute Gasteiger partial charge is 0.478 e. The second-order valence-corrected chi connectivity index (χ2v) is 4.56. The van der Waals surface area contributed by atoms with E-state index < -0.39 is 5.97 Å². The minimum atomic E-state index is -1.00. The molecule has 2 heterocycles. The van der Waals surface area contributed by atoms with Gasteiger partial charge in [0.1, 0.15) is 0 Å². The molecule has 21 heavy (non-hydrogen) atoms. The summed E-state index contributed by atoms with van der Waals surface area (Å²) in [6.45, 7) is 0. The number of pyridine rings is 1. The third kappa shape index (κ3) is 2.51. The molecule has 2 N–H and O–H groups in total. The Labute approximate surface area is 119 Å². The summed E-state index contributed by atoms with van der Waals surface area (Å²) in [6.07, 6.45) is 1.80. The molecule has 0 aliphatic heterocycles. The number of carbonyl (C=O) groups is 1. The highest BCUT2D eigenvalue weighted by atomic mass is 16.4. The van der Waals surface area contributed by atoms with Gasteiger partial charge >= 0.3 is 5.97 Å². The fourth-order valence-corrected chi connectivity index (χ4v) is 2.19. The standard InChI is InChI=1S/C15H11N3O3/c19-14-12-4-2-1-3-11(12)13(17-18-14)8-10-7-9(15(20)21)5-6-16-10/h1-7H,8H2,(H,18,19)(H,20,21). The number of hydrogen-bond acceptors (Lipinski definition) is 4. The molecule has 3 aromatic rings. The number of benzene rings is 1. The zero-order valence-corrected chi connectivity index (χ0v) is 10.9. The Balaban J connectivity index is 2.06. The van der Waals surface area contributed by atoms with E-state index in [2.05, 4.69) is 15.2 Å². The maximum absolute atomic E-state index is 11.7.